The number of unbranched alkanes of at least 4 members (excludes halogenated alkanes) is 1. The van der Waals surface area contributed by atoms with Crippen LogP contribution in [0.1, 0.15) is 56.9 Å². The molecular formula is C24H32ClN5O. The summed E-state index contributed by atoms with van der Waals surface area (Å²) >= 11 is 6.19. The molecule has 1 N–H and O–H groups in total. The van der Waals surface area contributed by atoms with Gasteiger partial charge in [-0.1, -0.05) is 17.7 Å². The Labute approximate surface area is 190 Å². The van der Waals surface area contributed by atoms with Crippen molar-refractivity contribution in [2.45, 2.75) is 57.4 Å². The Hall–Kier alpha value is -2.28. The van der Waals surface area contributed by atoms with E-state index in [4.69, 9.17) is 16.9 Å². The van der Waals surface area contributed by atoms with Crippen LogP contribution in [0.25, 0.3) is 0 Å². The van der Waals surface area contributed by atoms with Gasteiger partial charge in [-0.3, -0.25) is 9.69 Å². The van der Waals surface area contributed by atoms with Crippen LogP contribution in [0.4, 0.5) is 5.69 Å². The minimum atomic E-state index is 0.0934. The van der Waals surface area contributed by atoms with Crippen molar-refractivity contribution in [3.63, 3.8) is 0 Å². The molecule has 6 nitrogen and oxygen atoms in total. The molecule has 3 rings (SSSR count). The van der Waals surface area contributed by atoms with Crippen LogP contribution >= 0.6 is 11.6 Å². The molecule has 1 heterocycles. The van der Waals surface area contributed by atoms with Crippen LogP contribution in [0.3, 0.4) is 0 Å². The van der Waals surface area contributed by atoms with E-state index < -0.39 is 0 Å². The van der Waals surface area contributed by atoms with Crippen molar-refractivity contribution in [1.82, 2.24) is 10.2 Å². The van der Waals surface area contributed by atoms with Gasteiger partial charge in [0.25, 0.3) is 0 Å². The Morgan fingerprint density at radius 2 is 1.87 bits per heavy atom. The molecule has 0 aromatic heterocycles. The number of amides is 1. The van der Waals surface area contributed by atoms with Crippen molar-refractivity contribution in [3.05, 3.63) is 28.8 Å². The zero-order chi connectivity index (χ0) is 22.1. The van der Waals surface area contributed by atoms with Gasteiger partial charge in [-0.15, -0.1) is 0 Å². The summed E-state index contributed by atoms with van der Waals surface area (Å²) in [4.78, 5) is 16.7. The lowest BCUT2D eigenvalue weighted by atomic mass is 9.84. The molecule has 0 bridgehead atoms. The summed E-state index contributed by atoms with van der Waals surface area (Å²) in [7, 11) is 0. The molecule has 0 unspecified atom stereocenters. The highest BCUT2D eigenvalue weighted by molar-refractivity contribution is 6.32. The summed E-state index contributed by atoms with van der Waals surface area (Å²) < 4.78 is 0. The second kappa shape index (κ2) is 11.9. The first-order chi connectivity index (χ1) is 15.1. The van der Waals surface area contributed by atoms with Crippen LogP contribution in [0.15, 0.2) is 18.2 Å². The van der Waals surface area contributed by atoms with E-state index in [9.17, 15) is 10.1 Å². The van der Waals surface area contributed by atoms with Gasteiger partial charge >= 0.3 is 0 Å². The standard InChI is InChI=1S/C24H32ClN5O/c25-22-4-3-5-23(21(22)18-27)30-16-14-29(15-17-30)13-11-19-7-9-20(10-8-19)28-24(31)6-1-2-12-26/h3-5,19-20H,1-2,6-11,13-17H2,(H,28,31)/t19-,20-. The molecule has 1 aliphatic heterocycles. The van der Waals surface area contributed by atoms with E-state index in [-0.39, 0.29) is 5.91 Å². The lowest BCUT2D eigenvalue weighted by Crippen LogP contribution is -2.47. The highest BCUT2D eigenvalue weighted by Gasteiger charge is 2.24. The number of anilines is 1. The van der Waals surface area contributed by atoms with Gasteiger partial charge in [0.1, 0.15) is 6.07 Å². The second-order valence-electron chi connectivity index (χ2n) is 8.66. The van der Waals surface area contributed by atoms with Crippen molar-refractivity contribution in [3.8, 4) is 12.1 Å². The maximum absolute atomic E-state index is 11.9. The number of rotatable bonds is 8. The number of hydrogen-bond donors (Lipinski definition) is 1. The molecule has 2 fully saturated rings. The fourth-order valence-corrected chi connectivity index (χ4v) is 4.90. The number of nitrogens with one attached hydrogen (secondary N) is 1. The molecule has 0 radical (unpaired) electrons. The van der Waals surface area contributed by atoms with E-state index in [1.807, 2.05) is 12.1 Å². The van der Waals surface area contributed by atoms with E-state index in [2.05, 4.69) is 27.3 Å². The molecule has 0 spiro atoms. The molecule has 0 atom stereocenters. The summed E-state index contributed by atoms with van der Waals surface area (Å²) in [6.45, 7) is 4.96. The lowest BCUT2D eigenvalue weighted by Gasteiger charge is -2.37. The van der Waals surface area contributed by atoms with Crippen LogP contribution < -0.4 is 10.2 Å². The average Bonchev–Trinajstić information content (AvgIpc) is 2.79. The number of piperazine rings is 1. The largest absolute Gasteiger partial charge is 0.368 e. The highest BCUT2D eigenvalue weighted by Crippen LogP contribution is 2.29. The first-order valence-corrected chi connectivity index (χ1v) is 11.8. The predicted octanol–water partition coefficient (Wildman–Crippen LogP) is 4.09. The average molecular weight is 442 g/mol. The van der Waals surface area contributed by atoms with Gasteiger partial charge in [-0.05, 0) is 63.1 Å². The van der Waals surface area contributed by atoms with Crippen LogP contribution in [-0.2, 0) is 4.79 Å². The van der Waals surface area contributed by atoms with Crippen molar-refractivity contribution in [1.29, 1.82) is 10.5 Å². The monoisotopic (exact) mass is 441 g/mol. The molecule has 1 saturated carbocycles. The van der Waals surface area contributed by atoms with Crippen LogP contribution in [-0.4, -0.2) is 49.6 Å². The molecule has 31 heavy (non-hydrogen) atoms. The molecule has 1 amide bonds. The summed E-state index contributed by atoms with van der Waals surface area (Å²) in [6, 6.07) is 10.3. The Balaban J connectivity index is 1.34. The summed E-state index contributed by atoms with van der Waals surface area (Å²) in [5.74, 6) is 0.832. The van der Waals surface area contributed by atoms with Gasteiger partial charge in [0, 0.05) is 45.1 Å². The fraction of sp³-hybridized carbons (Fsp3) is 0.625. The molecule has 1 aliphatic carbocycles. The molecule has 1 aromatic rings. The van der Waals surface area contributed by atoms with Gasteiger partial charge in [-0.25, -0.2) is 0 Å². The van der Waals surface area contributed by atoms with E-state index in [1.165, 1.54) is 19.3 Å². The first kappa shape index (κ1) is 23.4. The third-order valence-electron chi connectivity index (χ3n) is 6.57. The number of carbonyl (C=O) groups excluding carboxylic acids is 1. The maximum Gasteiger partial charge on any atom is 0.220 e. The molecular weight excluding hydrogens is 410 g/mol. The number of benzene rings is 1. The summed E-state index contributed by atoms with van der Waals surface area (Å²) in [5, 5.41) is 21.7. The van der Waals surface area contributed by atoms with Gasteiger partial charge in [-0.2, -0.15) is 10.5 Å². The Bertz CT molecular complexity index is 814. The van der Waals surface area contributed by atoms with Crippen molar-refractivity contribution < 1.29 is 4.79 Å². The fourth-order valence-electron chi connectivity index (χ4n) is 4.69. The third kappa shape index (κ3) is 6.86. The number of halogens is 1. The van der Waals surface area contributed by atoms with Crippen molar-refractivity contribution in [2.24, 2.45) is 5.92 Å². The topological polar surface area (TPSA) is 83.2 Å². The van der Waals surface area contributed by atoms with Gasteiger partial charge in [0.2, 0.25) is 5.91 Å². The maximum atomic E-state index is 11.9. The van der Waals surface area contributed by atoms with E-state index in [0.29, 0.717) is 35.9 Å². The minimum Gasteiger partial charge on any atom is -0.368 e. The summed E-state index contributed by atoms with van der Waals surface area (Å²) in [6.07, 6.45) is 7.26. The SMILES string of the molecule is N#CCCCC(=O)N[C@H]1CC[C@H](CCN2CCN(c3cccc(Cl)c3C#N)CC2)CC1. The first-order valence-electron chi connectivity index (χ1n) is 11.4. The zero-order valence-electron chi connectivity index (χ0n) is 18.2. The quantitative estimate of drug-likeness (QED) is 0.614. The van der Waals surface area contributed by atoms with E-state index >= 15 is 0 Å². The van der Waals surface area contributed by atoms with Crippen LogP contribution in [0.2, 0.25) is 5.02 Å². The Morgan fingerprint density at radius 3 is 2.55 bits per heavy atom. The number of carbonyl (C=O) groups is 1. The molecule has 1 saturated heterocycles. The van der Waals surface area contributed by atoms with Gasteiger partial charge < -0.3 is 10.2 Å². The highest BCUT2D eigenvalue weighted by atomic mass is 35.5. The summed E-state index contributed by atoms with van der Waals surface area (Å²) in [5.41, 5.74) is 1.52. The molecule has 1 aromatic carbocycles. The van der Waals surface area contributed by atoms with Crippen LogP contribution in [0.5, 0.6) is 0 Å². The van der Waals surface area contributed by atoms with E-state index in [1.54, 1.807) is 6.07 Å². The normalized spacial score (nSPS) is 21.8. The van der Waals surface area contributed by atoms with E-state index in [0.717, 1.165) is 57.2 Å². The molecule has 166 valence electrons. The molecule has 2 aliphatic rings. The Morgan fingerprint density at radius 1 is 1.13 bits per heavy atom. The minimum absolute atomic E-state index is 0.0934. The zero-order valence-corrected chi connectivity index (χ0v) is 18.9. The Kier molecular flexibility index (Phi) is 9.00. The van der Waals surface area contributed by atoms with Crippen molar-refractivity contribution in [2.75, 3.05) is 37.6 Å². The van der Waals surface area contributed by atoms with Gasteiger partial charge in [0.05, 0.1) is 22.3 Å². The smallest absolute Gasteiger partial charge is 0.220 e. The van der Waals surface area contributed by atoms with Gasteiger partial charge in [0.15, 0.2) is 0 Å². The number of nitriles is 2. The van der Waals surface area contributed by atoms with Crippen LogP contribution in [0, 0.1) is 28.6 Å². The lowest BCUT2D eigenvalue weighted by molar-refractivity contribution is -0.122. The third-order valence-corrected chi connectivity index (χ3v) is 6.89. The number of nitrogens with zero attached hydrogens (tertiary/aromatic N) is 4. The predicted molar refractivity (Wildman–Crippen MR) is 123 cm³/mol. The number of hydrogen-bond acceptors (Lipinski definition) is 5. The molecule has 7 heteroatoms. The second-order valence-corrected chi connectivity index (χ2v) is 9.07. The van der Waals surface area contributed by atoms with Crippen molar-refractivity contribution >= 4 is 23.2 Å².